The summed E-state index contributed by atoms with van der Waals surface area (Å²) in [6, 6.07) is 5.87. The summed E-state index contributed by atoms with van der Waals surface area (Å²) < 4.78 is 57.8. The molecule has 11 heteroatoms. The van der Waals surface area contributed by atoms with E-state index in [1.54, 1.807) is 0 Å². The largest absolute Gasteiger partial charge is 0.508 e. The first kappa shape index (κ1) is 21.7. The molecule has 2 aromatic carbocycles. The van der Waals surface area contributed by atoms with Gasteiger partial charge in [0.05, 0.1) is 18.3 Å². The van der Waals surface area contributed by atoms with Gasteiger partial charge >= 0.3 is 39.6 Å². The maximum Gasteiger partial charge on any atom is 0.341 e. The van der Waals surface area contributed by atoms with Crippen molar-refractivity contribution < 1.29 is 31.2 Å². The second-order valence-corrected chi connectivity index (χ2v) is 11.3. The minimum absolute atomic E-state index is 0.130. The van der Waals surface area contributed by atoms with Gasteiger partial charge in [0.1, 0.15) is 5.75 Å². The minimum Gasteiger partial charge on any atom is -0.508 e. The van der Waals surface area contributed by atoms with Gasteiger partial charge in [0.2, 0.25) is 0 Å². The van der Waals surface area contributed by atoms with Gasteiger partial charge in [-0.2, -0.15) is 0 Å². The Kier molecular flexibility index (Phi) is 6.91. The highest BCUT2D eigenvalue weighted by Gasteiger charge is 2.31. The topological polar surface area (TPSA) is 140 Å². The third-order valence-electron chi connectivity index (χ3n) is 3.76. The Morgan fingerprint density at radius 2 is 1.44 bits per heavy atom. The fraction of sp³-hybridized carbons (Fsp3) is 0.125. The number of phenolic OH excluding ortho intramolecular Hbond substituents is 1. The summed E-state index contributed by atoms with van der Waals surface area (Å²) in [6.07, 6.45) is 0. The molecule has 1 atom stereocenters. The summed E-state index contributed by atoms with van der Waals surface area (Å²) in [7, 11) is -2.88. The van der Waals surface area contributed by atoms with Crippen LogP contribution in [0.4, 0.5) is 0 Å². The van der Waals surface area contributed by atoms with Crippen LogP contribution in [0.1, 0.15) is 31.8 Å². The summed E-state index contributed by atoms with van der Waals surface area (Å²) in [4.78, 5) is 25.0. The van der Waals surface area contributed by atoms with E-state index in [0.29, 0.717) is 0 Å². The maximum atomic E-state index is 12.6. The maximum absolute atomic E-state index is 12.6. The quantitative estimate of drug-likeness (QED) is 0.515. The van der Waals surface area contributed by atoms with E-state index >= 15 is 0 Å². The highest BCUT2D eigenvalue weighted by Crippen LogP contribution is 2.34. The Balaban J connectivity index is 2.60. The third kappa shape index (κ3) is 4.29. The van der Waals surface area contributed by atoms with E-state index in [9.17, 15) is 31.2 Å². The van der Waals surface area contributed by atoms with Crippen molar-refractivity contribution in [2.75, 3.05) is 0 Å². The van der Waals surface area contributed by atoms with Crippen molar-refractivity contribution in [1.29, 1.82) is 0 Å². The third-order valence-corrected chi connectivity index (χ3v) is 9.04. The van der Waals surface area contributed by atoms with Crippen molar-refractivity contribution in [3.63, 3.8) is 0 Å². The predicted molar refractivity (Wildman–Crippen MR) is 109 cm³/mol. The second-order valence-electron chi connectivity index (χ2n) is 5.27. The van der Waals surface area contributed by atoms with Gasteiger partial charge in [0.15, 0.2) is 10.8 Å². The molecule has 0 aliphatic carbocycles. The molecular formula is C16H12I2O8S. The molecule has 0 amide bonds. The summed E-state index contributed by atoms with van der Waals surface area (Å²) in [5.74, 6) is -0.380. The van der Waals surface area contributed by atoms with E-state index in [-0.39, 0.29) is 24.0 Å². The number of aromatic hydroxyl groups is 1. The van der Waals surface area contributed by atoms with Gasteiger partial charge < -0.3 is 5.11 Å². The molecule has 2 rings (SSSR count). The molecule has 27 heavy (non-hydrogen) atoms. The van der Waals surface area contributed by atoms with Gasteiger partial charge in [-0.1, -0.05) is 12.1 Å². The molecule has 8 nitrogen and oxygen atoms in total. The molecule has 2 aromatic rings. The number of halogens is 2. The van der Waals surface area contributed by atoms with Crippen LogP contribution in [0.15, 0.2) is 30.3 Å². The minimum atomic E-state index is -4.24. The lowest BCUT2D eigenvalue weighted by molar-refractivity contribution is 0.105. The van der Waals surface area contributed by atoms with Crippen LogP contribution in [0.5, 0.6) is 5.75 Å². The van der Waals surface area contributed by atoms with Crippen LogP contribution in [0.3, 0.4) is 0 Å². The van der Waals surface area contributed by atoms with Crippen LogP contribution in [0.2, 0.25) is 0 Å². The van der Waals surface area contributed by atoms with E-state index in [1.165, 1.54) is 26.0 Å². The number of carbonyl (C=O) groups is 2. The van der Waals surface area contributed by atoms with E-state index in [2.05, 4.69) is 0 Å². The Bertz CT molecular complexity index is 1130. The molecule has 0 saturated carbocycles. The summed E-state index contributed by atoms with van der Waals surface area (Å²) >= 11 is -8.34. The zero-order valence-electron chi connectivity index (χ0n) is 13.9. The normalized spacial score (nSPS) is 12.3. The van der Waals surface area contributed by atoms with Crippen molar-refractivity contribution in [3.8, 4) is 5.75 Å². The van der Waals surface area contributed by atoms with Gasteiger partial charge in [-0.05, 0) is 43.2 Å². The first-order valence-corrected chi connectivity index (χ1v) is 13.9. The SMILES string of the molecule is Cc1c(O)cc(C(=O)S(=O)C(=O)c2ccccc2I(=O)=O)c(I(=O)=O)c1C. The number of carbonyl (C=O) groups excluding carboxylic acids is 2. The van der Waals surface area contributed by atoms with E-state index in [4.69, 9.17) is 0 Å². The van der Waals surface area contributed by atoms with Crippen molar-refractivity contribution in [1.82, 2.24) is 0 Å². The zero-order chi connectivity index (χ0) is 20.5. The Morgan fingerprint density at radius 3 is 2.00 bits per heavy atom. The fourth-order valence-electron chi connectivity index (χ4n) is 2.26. The molecule has 0 heterocycles. The molecule has 1 unspecified atom stereocenters. The van der Waals surface area contributed by atoms with E-state index in [0.717, 1.165) is 18.2 Å². The Morgan fingerprint density at radius 1 is 0.889 bits per heavy atom. The number of phenols is 1. The number of hydrogen-bond acceptors (Lipinski definition) is 8. The highest BCUT2D eigenvalue weighted by molar-refractivity contribution is 14.2. The molecular weight excluding hydrogens is 606 g/mol. The fourth-order valence-corrected chi connectivity index (χ4v) is 6.87. The second kappa shape index (κ2) is 8.60. The number of benzene rings is 2. The molecule has 0 aliphatic rings. The van der Waals surface area contributed by atoms with Gasteiger partial charge in [0.25, 0.3) is 10.2 Å². The van der Waals surface area contributed by atoms with Gasteiger partial charge in [-0.25, -0.2) is 16.5 Å². The smallest absolute Gasteiger partial charge is 0.341 e. The molecule has 0 aromatic heterocycles. The average molecular weight is 618 g/mol. The van der Waals surface area contributed by atoms with Crippen molar-refractivity contribution in [2.45, 2.75) is 13.8 Å². The van der Waals surface area contributed by atoms with Crippen molar-refractivity contribution in [3.05, 3.63) is 59.7 Å². The van der Waals surface area contributed by atoms with Crippen LogP contribution in [-0.4, -0.2) is 19.5 Å². The van der Waals surface area contributed by atoms with Crippen molar-refractivity contribution >= 4 is 60.6 Å². The first-order valence-electron chi connectivity index (χ1n) is 7.11. The monoisotopic (exact) mass is 618 g/mol. The van der Waals surface area contributed by atoms with Gasteiger partial charge in [-0.3, -0.25) is 9.59 Å². The molecule has 0 spiro atoms. The average Bonchev–Trinajstić information content (AvgIpc) is 2.63. The van der Waals surface area contributed by atoms with E-state index < -0.39 is 71.7 Å². The molecule has 0 fully saturated rings. The van der Waals surface area contributed by atoms with Crippen LogP contribution >= 0.6 is 39.6 Å². The Hall–Kier alpha value is -1.61. The molecule has 0 saturated heterocycles. The van der Waals surface area contributed by atoms with Crippen molar-refractivity contribution in [2.24, 2.45) is 0 Å². The number of hydrogen-bond donors (Lipinski definition) is 1. The summed E-state index contributed by atoms with van der Waals surface area (Å²) in [6.45, 7) is 2.83. The van der Waals surface area contributed by atoms with Crippen LogP contribution in [0, 0.1) is 21.0 Å². The van der Waals surface area contributed by atoms with Gasteiger partial charge in [0, 0.05) is 0 Å². The lowest BCUT2D eigenvalue weighted by Gasteiger charge is -2.10. The van der Waals surface area contributed by atoms with Gasteiger partial charge in [-0.15, -0.1) is 0 Å². The van der Waals surface area contributed by atoms with Crippen LogP contribution < -0.4 is 0 Å². The van der Waals surface area contributed by atoms with E-state index in [1.807, 2.05) is 0 Å². The van der Waals surface area contributed by atoms with Crippen LogP contribution in [0.25, 0.3) is 0 Å². The lowest BCUT2D eigenvalue weighted by Crippen LogP contribution is -2.20. The summed E-state index contributed by atoms with van der Waals surface area (Å²) in [5.41, 5.74) is -0.570. The predicted octanol–water partition coefficient (Wildman–Crippen LogP) is 3.47. The molecule has 0 bridgehead atoms. The highest BCUT2D eigenvalue weighted by atomic mass is 127. The zero-order valence-corrected chi connectivity index (χ0v) is 19.0. The molecule has 1 N–H and O–H groups in total. The van der Waals surface area contributed by atoms with Crippen LogP contribution in [-0.2, 0) is 23.1 Å². The lowest BCUT2D eigenvalue weighted by atomic mass is 10.1. The summed E-state index contributed by atoms with van der Waals surface area (Å²) in [5, 5.41) is 7.34. The molecule has 0 radical (unpaired) electrons. The number of rotatable bonds is 4. The Labute approximate surface area is 170 Å². The first-order chi connectivity index (χ1) is 12.6. The standard InChI is InChI=1S/C16H12I2O8S/c1-8-9(2)14(18(24)25)11(7-13(8)19)16(21)27(26)15(20)10-5-3-4-6-12(10)17(22)23/h3-7,19H,1-2H3. The molecule has 0 aliphatic heterocycles. The molecule has 144 valence electrons.